The van der Waals surface area contributed by atoms with Crippen LogP contribution in [0, 0.1) is 0 Å². The van der Waals surface area contributed by atoms with Crippen molar-refractivity contribution in [3.8, 4) is 0 Å². The van der Waals surface area contributed by atoms with Crippen molar-refractivity contribution in [2.75, 3.05) is 13.2 Å². The predicted octanol–water partition coefficient (Wildman–Crippen LogP) is 21.5. The first-order valence-electron chi connectivity index (χ1n) is 33.8. The van der Waals surface area contributed by atoms with E-state index >= 15 is 0 Å². The van der Waals surface area contributed by atoms with Crippen LogP contribution < -0.4 is 5.32 Å². The molecule has 442 valence electrons. The molecule has 0 heterocycles. The average molecular weight is 1050 g/mol. The molecule has 6 heteroatoms. The summed E-state index contributed by atoms with van der Waals surface area (Å²) in [6, 6.07) is -0.637. The minimum atomic E-state index is -0.853. The van der Waals surface area contributed by atoms with Crippen molar-refractivity contribution in [2.24, 2.45) is 0 Å². The molecule has 0 rings (SSSR count). The van der Waals surface area contributed by atoms with Crippen LogP contribution in [0.2, 0.25) is 0 Å². The SMILES string of the molecule is CCCCCC/C=C\C/C=C\CCCCCCCCCC(=O)OCCCCCCCCCCCCCCCCCC(=O)NC(CO)C(O)/C=C/CCCCCCCCCCCCCCCCCCCCCCCCC. The van der Waals surface area contributed by atoms with Gasteiger partial charge in [0.05, 0.1) is 25.4 Å². The smallest absolute Gasteiger partial charge is 0.305 e. The first-order chi connectivity index (χ1) is 37.0. The van der Waals surface area contributed by atoms with Crippen LogP contribution in [0.3, 0.4) is 0 Å². The summed E-state index contributed by atoms with van der Waals surface area (Å²) < 4.78 is 5.49. The van der Waals surface area contributed by atoms with Crippen LogP contribution in [0.5, 0.6) is 0 Å². The quantitative estimate of drug-likeness (QED) is 0.0320. The molecule has 0 spiro atoms. The minimum absolute atomic E-state index is 0.00697. The number of rotatable bonds is 63. The summed E-state index contributed by atoms with van der Waals surface area (Å²) in [5, 5.41) is 23.3. The Labute approximate surface area is 468 Å². The first-order valence-corrected chi connectivity index (χ1v) is 33.8. The Balaban J connectivity index is 3.45. The van der Waals surface area contributed by atoms with Gasteiger partial charge in [-0.1, -0.05) is 326 Å². The molecule has 0 radical (unpaired) electrons. The van der Waals surface area contributed by atoms with Crippen molar-refractivity contribution in [1.29, 1.82) is 0 Å². The van der Waals surface area contributed by atoms with Crippen LogP contribution in [0.1, 0.15) is 367 Å². The van der Waals surface area contributed by atoms with Crippen LogP contribution in [0.25, 0.3) is 0 Å². The second-order valence-corrected chi connectivity index (χ2v) is 23.2. The lowest BCUT2D eigenvalue weighted by Crippen LogP contribution is -2.45. The number of nitrogens with one attached hydrogen (secondary N) is 1. The number of hydrogen-bond donors (Lipinski definition) is 3. The number of hydrogen-bond acceptors (Lipinski definition) is 5. The van der Waals surface area contributed by atoms with Gasteiger partial charge in [0, 0.05) is 12.8 Å². The van der Waals surface area contributed by atoms with Crippen molar-refractivity contribution in [3.05, 3.63) is 36.5 Å². The Bertz CT molecular complexity index is 1210. The Morgan fingerprint density at radius 1 is 0.373 bits per heavy atom. The van der Waals surface area contributed by atoms with Gasteiger partial charge in [-0.25, -0.2) is 0 Å². The van der Waals surface area contributed by atoms with Crippen molar-refractivity contribution in [3.63, 3.8) is 0 Å². The minimum Gasteiger partial charge on any atom is -0.466 e. The highest BCUT2D eigenvalue weighted by atomic mass is 16.5. The summed E-state index contributed by atoms with van der Waals surface area (Å²) in [6.07, 6.45) is 81.9. The van der Waals surface area contributed by atoms with Crippen LogP contribution in [0.4, 0.5) is 0 Å². The molecule has 0 aliphatic carbocycles. The number of ether oxygens (including phenoxy) is 1. The van der Waals surface area contributed by atoms with E-state index in [1.54, 1.807) is 6.08 Å². The summed E-state index contributed by atoms with van der Waals surface area (Å²) in [5.74, 6) is -0.0801. The number of unbranched alkanes of at least 4 members (excludes halogenated alkanes) is 48. The number of amides is 1. The third-order valence-corrected chi connectivity index (χ3v) is 15.7. The van der Waals surface area contributed by atoms with Gasteiger partial charge in [0.25, 0.3) is 0 Å². The standard InChI is InChI=1S/C69H131NO5/c1-3-5-7-9-11-13-15-17-19-21-23-24-25-26-27-28-29-30-33-37-41-45-49-53-57-61-67(72)66(65-71)70-68(73)62-58-54-50-46-42-38-34-32-36-40-44-48-52-56-60-64-75-69(74)63-59-55-51-47-43-39-35-31-22-20-18-16-14-12-10-8-6-4-2/h14,16,20,22,57,61,66-67,71-72H,3-13,15,17-19,21,23-56,58-60,62-65H2,1-2H3,(H,70,73)/b16-14-,22-20-,61-57+. The number of aliphatic hydroxyl groups is 2. The second-order valence-electron chi connectivity index (χ2n) is 23.2. The molecular formula is C69H131NO5. The fourth-order valence-electron chi connectivity index (χ4n) is 10.5. The summed E-state index contributed by atoms with van der Waals surface area (Å²) in [5.41, 5.74) is 0. The van der Waals surface area contributed by atoms with Crippen molar-refractivity contribution >= 4 is 11.9 Å². The topological polar surface area (TPSA) is 95.9 Å². The highest BCUT2D eigenvalue weighted by Gasteiger charge is 2.18. The van der Waals surface area contributed by atoms with Crippen molar-refractivity contribution < 1.29 is 24.5 Å². The number of carbonyl (C=O) groups is 2. The molecule has 0 aliphatic rings. The zero-order valence-corrected chi connectivity index (χ0v) is 50.5. The maximum atomic E-state index is 12.5. The number of allylic oxidation sites excluding steroid dienone is 5. The Hall–Kier alpha value is -1.92. The molecule has 0 aromatic carbocycles. The van der Waals surface area contributed by atoms with Crippen LogP contribution in [0.15, 0.2) is 36.5 Å². The monoisotopic (exact) mass is 1050 g/mol. The molecule has 1 amide bonds. The first kappa shape index (κ1) is 73.1. The number of esters is 1. The van der Waals surface area contributed by atoms with Crippen LogP contribution in [-0.4, -0.2) is 47.4 Å². The lowest BCUT2D eigenvalue weighted by atomic mass is 10.0. The van der Waals surface area contributed by atoms with E-state index in [0.29, 0.717) is 19.4 Å². The van der Waals surface area contributed by atoms with E-state index in [-0.39, 0.29) is 18.5 Å². The Morgan fingerprint density at radius 2 is 0.667 bits per heavy atom. The van der Waals surface area contributed by atoms with Gasteiger partial charge in [-0.2, -0.15) is 0 Å². The summed E-state index contributed by atoms with van der Waals surface area (Å²) in [7, 11) is 0. The third kappa shape index (κ3) is 61.2. The fraction of sp³-hybridized carbons (Fsp3) is 0.884. The van der Waals surface area contributed by atoms with Gasteiger partial charge >= 0.3 is 5.97 Å². The molecular weight excluding hydrogens is 923 g/mol. The molecule has 0 aliphatic heterocycles. The van der Waals surface area contributed by atoms with Gasteiger partial charge in [0.2, 0.25) is 5.91 Å². The molecule has 0 aromatic heterocycles. The maximum absolute atomic E-state index is 12.5. The molecule has 2 atom stereocenters. The number of aliphatic hydroxyl groups excluding tert-OH is 2. The lowest BCUT2D eigenvalue weighted by molar-refractivity contribution is -0.143. The van der Waals surface area contributed by atoms with Crippen molar-refractivity contribution in [1.82, 2.24) is 5.32 Å². The van der Waals surface area contributed by atoms with E-state index in [9.17, 15) is 19.8 Å². The molecule has 0 saturated carbocycles. The zero-order valence-electron chi connectivity index (χ0n) is 50.5. The molecule has 0 bridgehead atoms. The van der Waals surface area contributed by atoms with Gasteiger partial charge in [0.15, 0.2) is 0 Å². The lowest BCUT2D eigenvalue weighted by Gasteiger charge is -2.20. The van der Waals surface area contributed by atoms with Crippen LogP contribution >= 0.6 is 0 Å². The highest BCUT2D eigenvalue weighted by molar-refractivity contribution is 5.76. The van der Waals surface area contributed by atoms with E-state index in [1.165, 1.54) is 276 Å². The van der Waals surface area contributed by atoms with E-state index in [1.807, 2.05) is 6.08 Å². The summed E-state index contributed by atoms with van der Waals surface area (Å²) in [4.78, 5) is 24.6. The highest BCUT2D eigenvalue weighted by Crippen LogP contribution is 2.18. The molecule has 2 unspecified atom stereocenters. The molecule has 0 saturated heterocycles. The van der Waals surface area contributed by atoms with Crippen molar-refractivity contribution in [2.45, 2.75) is 379 Å². The summed E-state index contributed by atoms with van der Waals surface area (Å²) in [6.45, 7) is 4.90. The predicted molar refractivity (Wildman–Crippen MR) is 329 cm³/mol. The second kappa shape index (κ2) is 64.6. The molecule has 6 nitrogen and oxygen atoms in total. The van der Waals surface area contributed by atoms with Gasteiger partial charge < -0.3 is 20.3 Å². The van der Waals surface area contributed by atoms with E-state index in [0.717, 1.165) is 64.2 Å². The molecule has 0 aromatic rings. The normalized spacial score (nSPS) is 12.7. The number of carbonyl (C=O) groups excluding carboxylic acids is 2. The van der Waals surface area contributed by atoms with E-state index in [2.05, 4.69) is 43.5 Å². The van der Waals surface area contributed by atoms with Crippen LogP contribution in [-0.2, 0) is 14.3 Å². The van der Waals surface area contributed by atoms with E-state index < -0.39 is 12.1 Å². The van der Waals surface area contributed by atoms with Gasteiger partial charge in [-0.15, -0.1) is 0 Å². The fourth-order valence-corrected chi connectivity index (χ4v) is 10.5. The van der Waals surface area contributed by atoms with Gasteiger partial charge in [-0.05, 0) is 64.2 Å². The average Bonchev–Trinajstić information content (AvgIpc) is 3.41. The largest absolute Gasteiger partial charge is 0.466 e. The zero-order chi connectivity index (χ0) is 54.3. The maximum Gasteiger partial charge on any atom is 0.305 e. The van der Waals surface area contributed by atoms with Gasteiger partial charge in [0.1, 0.15) is 0 Å². The third-order valence-electron chi connectivity index (χ3n) is 15.7. The van der Waals surface area contributed by atoms with E-state index in [4.69, 9.17) is 4.74 Å². The Morgan fingerprint density at radius 3 is 1.03 bits per heavy atom. The van der Waals surface area contributed by atoms with Gasteiger partial charge in [-0.3, -0.25) is 9.59 Å². The molecule has 3 N–H and O–H groups in total. The summed E-state index contributed by atoms with van der Waals surface area (Å²) >= 11 is 0. The molecule has 75 heavy (non-hydrogen) atoms. The Kier molecular flexibility index (Phi) is 63.0. The molecule has 0 fully saturated rings.